The van der Waals surface area contributed by atoms with Crippen LogP contribution in [0.5, 0.6) is 0 Å². The summed E-state index contributed by atoms with van der Waals surface area (Å²) in [6.45, 7) is 13.2. The van der Waals surface area contributed by atoms with Crippen LogP contribution in [0.2, 0.25) is 0 Å². The molecule has 6 saturated heterocycles. The number of carbonyl (C=O) groups excluding carboxylic acids is 4. The predicted octanol–water partition coefficient (Wildman–Crippen LogP) is -6.23. The lowest BCUT2D eigenvalue weighted by Crippen LogP contribution is -2.66. The molecule has 9 heterocycles. The molecule has 3 aromatic rings. The third-order valence-corrected chi connectivity index (χ3v) is 19.9. The van der Waals surface area contributed by atoms with E-state index in [4.69, 9.17) is 105 Å². The summed E-state index contributed by atoms with van der Waals surface area (Å²) in [6, 6.07) is -2.71. The lowest BCUT2D eigenvalue weighted by Gasteiger charge is -2.43. The molecule has 15 atom stereocenters. The average Bonchev–Trinajstić information content (AvgIpc) is 1.62. The molecule has 4 amide bonds. The van der Waals surface area contributed by atoms with Crippen molar-refractivity contribution >= 4 is 23.6 Å². The maximum atomic E-state index is 14.0. The van der Waals surface area contributed by atoms with Gasteiger partial charge < -0.3 is 157 Å². The second kappa shape index (κ2) is 49.9. The average molecular weight is 1680 g/mol. The molecule has 0 aliphatic carbocycles. The SMILES string of the molecule is CC(=O)N[C@H]1[C@H]2OC[C@@](COCCOCCOCCOCCn3cc(COCC(COCc4cn(CCOCCOCCOCCOC[C@]56CO[C@@H](O5)[C@H](NC(C)=O)[C@@H](O)[C@H]6O)nn4)(COCc4cn(CCOCCOCCOCCOC[C@]56CO[C@@H](O5)[C@H](NC(C)=O)[C@@H](O)[C@H]6O)nn4)N(CCCCCCN)C(C)=O)nn3)(O2)[C@H](O)[C@@H]1O. The third-order valence-electron chi connectivity index (χ3n) is 19.9. The summed E-state index contributed by atoms with van der Waals surface area (Å²) in [4.78, 5) is 50.5. The molecule has 0 saturated carbocycles. The first kappa shape index (κ1) is 95.0. The van der Waals surface area contributed by atoms with Crippen LogP contribution in [-0.4, -0.2) is 411 Å². The van der Waals surface area contributed by atoms with Gasteiger partial charge in [0.05, 0.1) is 256 Å². The molecule has 6 bridgehead atoms. The van der Waals surface area contributed by atoms with Crippen LogP contribution in [-0.2, 0) is 158 Å². The Morgan fingerprint density at radius 1 is 0.419 bits per heavy atom. The largest absolute Gasteiger partial charge is 0.388 e. The van der Waals surface area contributed by atoms with Crippen molar-refractivity contribution in [2.24, 2.45) is 5.73 Å². The highest BCUT2D eigenvalue weighted by Gasteiger charge is 2.62. The van der Waals surface area contributed by atoms with Crippen molar-refractivity contribution in [2.75, 3.05) is 211 Å². The first-order valence-corrected chi connectivity index (χ1v) is 39.8. The molecule has 6 aliphatic rings. The van der Waals surface area contributed by atoms with Crippen LogP contribution in [0.25, 0.3) is 0 Å². The summed E-state index contributed by atoms with van der Waals surface area (Å²) in [5, 5.41) is 97.7. The van der Waals surface area contributed by atoms with Gasteiger partial charge in [0, 0.05) is 34.2 Å². The number of fused-ring (bicyclic) bond motifs is 6. The number of ether oxygens (including phenoxy) is 21. The monoisotopic (exact) mass is 1680 g/mol. The summed E-state index contributed by atoms with van der Waals surface area (Å²) in [7, 11) is 0. The minimum atomic E-state index is -1.34. The molecule has 3 aromatic heterocycles. The Morgan fingerprint density at radius 2 is 0.692 bits per heavy atom. The number of carbonyl (C=O) groups is 4. The molecule has 11 N–H and O–H groups in total. The van der Waals surface area contributed by atoms with E-state index in [1.807, 2.05) is 0 Å². The highest BCUT2D eigenvalue weighted by molar-refractivity contribution is 5.75. The highest BCUT2D eigenvalue weighted by atomic mass is 16.8. The lowest BCUT2D eigenvalue weighted by molar-refractivity contribution is -0.238. The molecule has 9 rings (SSSR count). The van der Waals surface area contributed by atoms with Crippen LogP contribution in [0.15, 0.2) is 18.6 Å². The van der Waals surface area contributed by atoms with Crippen molar-refractivity contribution in [3.8, 4) is 0 Å². The number of nitrogens with zero attached hydrogens (tertiary/aromatic N) is 10. The Morgan fingerprint density at radius 3 is 0.966 bits per heavy atom. The Bertz CT molecular complexity index is 3030. The van der Waals surface area contributed by atoms with Gasteiger partial charge in [0.25, 0.3) is 0 Å². The van der Waals surface area contributed by atoms with Crippen LogP contribution in [0, 0.1) is 0 Å². The standard InChI is InChI=1S/C72H122N14O31/c1-50(87)74-57-60(91)63(94)70(47-112-66(57)115-70)44-106-32-29-103-26-23-100-20-17-97-14-11-83-35-54(77-80-83)38-109-41-69(86(53(4)90)10-8-6-5-7-9-73,42-110-39-55-36-84(81-78-55)12-15-98-18-21-101-24-27-104-30-33-107-45-71-48-113-67(116-71)58(75-51(2)88)61(92)64(71)95)43-111-40-56-37-85(82-79-56)13-16-99-19-22-102-25-28-105-31-34-108-46-72-49-114-68(117-72)59(76-52(3)89)62(93)65(72)96/h35-37,57-68,91-96H,5-34,38-49,73H2,1-4H3,(H,74,87)(H,75,88)(H,76,89)/t57-,58-,59-,60-,61-,62-,63-,64-,65-,66+,67+,68+,70-,71-,72-/m1/s1. The molecule has 6 aliphatic heterocycles. The predicted molar refractivity (Wildman–Crippen MR) is 396 cm³/mol. The molecule has 0 radical (unpaired) electrons. The summed E-state index contributed by atoms with van der Waals surface area (Å²) in [5.74, 6) is -1.39. The lowest BCUT2D eigenvalue weighted by atomic mass is 9.88. The van der Waals surface area contributed by atoms with Crippen molar-refractivity contribution in [2.45, 2.75) is 189 Å². The summed E-state index contributed by atoms with van der Waals surface area (Å²) in [5.41, 5.74) is 2.43. The Labute approximate surface area is 678 Å². The van der Waals surface area contributed by atoms with Gasteiger partial charge in [0.2, 0.25) is 23.6 Å². The van der Waals surface area contributed by atoms with Crippen molar-refractivity contribution in [3.63, 3.8) is 0 Å². The van der Waals surface area contributed by atoms with E-state index in [9.17, 15) is 49.8 Å². The molecule has 0 unspecified atom stereocenters. The van der Waals surface area contributed by atoms with Crippen molar-refractivity contribution < 1.29 is 149 Å². The van der Waals surface area contributed by atoms with E-state index in [0.29, 0.717) is 155 Å². The van der Waals surface area contributed by atoms with Crippen molar-refractivity contribution in [1.29, 1.82) is 0 Å². The zero-order chi connectivity index (χ0) is 83.3. The smallest absolute Gasteiger partial charge is 0.220 e. The van der Waals surface area contributed by atoms with Crippen LogP contribution in [0.3, 0.4) is 0 Å². The quantitative estimate of drug-likeness (QED) is 0.0235. The summed E-state index contributed by atoms with van der Waals surface area (Å²) in [6.07, 6.45) is -2.18. The first-order chi connectivity index (χ1) is 56.7. The van der Waals surface area contributed by atoms with Crippen LogP contribution >= 0.6 is 0 Å². The Kier molecular flexibility index (Phi) is 40.6. The molecule has 117 heavy (non-hydrogen) atoms. The number of hydrogen-bond donors (Lipinski definition) is 10. The number of aliphatic hydroxyl groups excluding tert-OH is 6. The molecule has 666 valence electrons. The number of unbranched alkanes of at least 4 members (excludes halogenated alkanes) is 3. The van der Waals surface area contributed by atoms with E-state index in [-0.39, 0.29) is 143 Å². The molecular formula is C72H122N14O31. The maximum absolute atomic E-state index is 14.0. The molecule has 0 aromatic carbocycles. The van der Waals surface area contributed by atoms with Crippen molar-refractivity contribution in [3.05, 3.63) is 35.7 Å². The molecule has 45 heteroatoms. The van der Waals surface area contributed by atoms with Gasteiger partial charge in [-0.2, -0.15) is 0 Å². The molecule has 0 spiro atoms. The minimum Gasteiger partial charge on any atom is -0.388 e. The van der Waals surface area contributed by atoms with Gasteiger partial charge in [0.1, 0.15) is 94.2 Å². The molecule has 6 fully saturated rings. The highest BCUT2D eigenvalue weighted by Crippen LogP contribution is 2.40. The van der Waals surface area contributed by atoms with E-state index in [1.54, 1.807) is 37.5 Å². The van der Waals surface area contributed by atoms with Gasteiger partial charge in [-0.3, -0.25) is 19.2 Å². The van der Waals surface area contributed by atoms with Gasteiger partial charge in [-0.05, 0) is 19.4 Å². The topological polar surface area (TPSA) is 541 Å². The van der Waals surface area contributed by atoms with E-state index in [2.05, 4.69) is 46.9 Å². The third kappa shape index (κ3) is 29.5. The van der Waals surface area contributed by atoms with Gasteiger partial charge >= 0.3 is 0 Å². The summed E-state index contributed by atoms with van der Waals surface area (Å²) < 4.78 is 127. The first-order valence-electron chi connectivity index (χ1n) is 39.8. The second-order valence-corrected chi connectivity index (χ2v) is 29.2. The van der Waals surface area contributed by atoms with E-state index in [1.165, 1.54) is 27.7 Å². The normalized spacial score (nSPS) is 26.7. The molecular weight excluding hydrogens is 1560 g/mol. The van der Waals surface area contributed by atoms with Gasteiger partial charge in [-0.25, -0.2) is 14.0 Å². The van der Waals surface area contributed by atoms with Crippen molar-refractivity contribution in [1.82, 2.24) is 65.8 Å². The second-order valence-electron chi connectivity index (χ2n) is 29.2. The van der Waals surface area contributed by atoms with Crippen LogP contribution in [0.4, 0.5) is 0 Å². The van der Waals surface area contributed by atoms with Crippen LogP contribution in [0.1, 0.15) is 70.5 Å². The number of aromatic nitrogens is 9. The van der Waals surface area contributed by atoms with Gasteiger partial charge in [-0.1, -0.05) is 28.5 Å². The molecule has 45 nitrogen and oxygen atoms in total. The summed E-state index contributed by atoms with van der Waals surface area (Å²) >= 11 is 0. The van der Waals surface area contributed by atoms with E-state index < -0.39 is 96.0 Å². The number of amides is 4. The number of rotatable bonds is 64. The van der Waals surface area contributed by atoms with E-state index in [0.717, 1.165) is 19.3 Å². The Hall–Kier alpha value is -5.82. The van der Waals surface area contributed by atoms with Gasteiger partial charge in [-0.15, -0.1) is 15.3 Å². The van der Waals surface area contributed by atoms with Gasteiger partial charge in [0.15, 0.2) is 18.9 Å². The number of nitrogens with one attached hydrogen (secondary N) is 3. The fourth-order valence-corrected chi connectivity index (χ4v) is 13.8. The fourth-order valence-electron chi connectivity index (χ4n) is 13.8. The maximum Gasteiger partial charge on any atom is 0.220 e. The van der Waals surface area contributed by atoms with Crippen LogP contribution < -0.4 is 21.7 Å². The zero-order valence-corrected chi connectivity index (χ0v) is 67.3. The minimum absolute atomic E-state index is 0.00967. The fraction of sp³-hybridized carbons (Fsp3) is 0.861. The van der Waals surface area contributed by atoms with E-state index >= 15 is 0 Å². The zero-order valence-electron chi connectivity index (χ0n) is 67.3. The number of hydrogen-bond acceptors (Lipinski definition) is 38. The number of nitrogens with two attached hydrogens (primary N) is 1. The number of aliphatic hydroxyl groups is 6. The Balaban J connectivity index is 0.681.